The Morgan fingerprint density at radius 1 is 0.963 bits per heavy atom. The standard InChI is InChI=1S/C23H18N2O2/c1-16-6-8-17(9-7-16)10-15-22(26)24-19-13-11-18(12-14-19)23-25-20-4-2-3-5-21(20)27-23/h2-15H,1H3,(H,24,26)/b15-10+. The molecule has 1 N–H and O–H groups in total. The van der Waals surface area contributed by atoms with E-state index in [-0.39, 0.29) is 5.91 Å². The number of carbonyl (C=O) groups is 1. The lowest BCUT2D eigenvalue weighted by molar-refractivity contribution is -0.111. The Labute approximate surface area is 157 Å². The van der Waals surface area contributed by atoms with Gasteiger partial charge in [-0.25, -0.2) is 4.98 Å². The van der Waals surface area contributed by atoms with E-state index in [9.17, 15) is 4.79 Å². The van der Waals surface area contributed by atoms with Crippen LogP contribution in [0.1, 0.15) is 11.1 Å². The van der Waals surface area contributed by atoms with E-state index < -0.39 is 0 Å². The fourth-order valence-electron chi connectivity index (χ4n) is 2.73. The smallest absolute Gasteiger partial charge is 0.248 e. The van der Waals surface area contributed by atoms with Gasteiger partial charge in [-0.05, 0) is 55.0 Å². The van der Waals surface area contributed by atoms with Crippen molar-refractivity contribution in [3.63, 3.8) is 0 Å². The molecular formula is C23H18N2O2. The van der Waals surface area contributed by atoms with Crippen LogP contribution in [0.5, 0.6) is 0 Å². The molecule has 0 spiro atoms. The summed E-state index contributed by atoms with van der Waals surface area (Å²) in [5, 5.41) is 2.85. The largest absolute Gasteiger partial charge is 0.436 e. The number of hydrogen-bond acceptors (Lipinski definition) is 3. The highest BCUT2D eigenvalue weighted by atomic mass is 16.3. The predicted molar refractivity (Wildman–Crippen MR) is 108 cm³/mol. The van der Waals surface area contributed by atoms with Crippen LogP contribution in [0.15, 0.2) is 83.3 Å². The Hall–Kier alpha value is -3.66. The lowest BCUT2D eigenvalue weighted by Gasteiger charge is -2.03. The Morgan fingerprint density at radius 2 is 1.70 bits per heavy atom. The molecule has 0 saturated carbocycles. The van der Waals surface area contributed by atoms with Crippen LogP contribution in [-0.2, 0) is 4.79 Å². The zero-order chi connectivity index (χ0) is 18.6. The van der Waals surface area contributed by atoms with E-state index in [4.69, 9.17) is 4.42 Å². The first-order valence-electron chi connectivity index (χ1n) is 8.69. The lowest BCUT2D eigenvalue weighted by atomic mass is 10.1. The van der Waals surface area contributed by atoms with Crippen molar-refractivity contribution in [2.75, 3.05) is 5.32 Å². The number of oxazole rings is 1. The van der Waals surface area contributed by atoms with Gasteiger partial charge in [-0.15, -0.1) is 0 Å². The van der Waals surface area contributed by atoms with Crippen molar-refractivity contribution in [1.82, 2.24) is 4.98 Å². The molecule has 4 rings (SSSR count). The topological polar surface area (TPSA) is 55.1 Å². The minimum absolute atomic E-state index is 0.176. The van der Waals surface area contributed by atoms with Gasteiger partial charge in [0.25, 0.3) is 0 Å². The number of fused-ring (bicyclic) bond motifs is 1. The molecule has 0 bridgehead atoms. The zero-order valence-corrected chi connectivity index (χ0v) is 14.8. The first-order valence-corrected chi connectivity index (χ1v) is 8.69. The van der Waals surface area contributed by atoms with Gasteiger partial charge < -0.3 is 9.73 Å². The van der Waals surface area contributed by atoms with Gasteiger partial charge in [-0.2, -0.15) is 0 Å². The predicted octanol–water partition coefficient (Wildman–Crippen LogP) is 5.46. The fourth-order valence-corrected chi connectivity index (χ4v) is 2.73. The van der Waals surface area contributed by atoms with Gasteiger partial charge in [0.15, 0.2) is 5.58 Å². The molecular weight excluding hydrogens is 336 g/mol. The number of anilines is 1. The van der Waals surface area contributed by atoms with Crippen LogP contribution in [0.2, 0.25) is 0 Å². The number of amides is 1. The summed E-state index contributed by atoms with van der Waals surface area (Å²) < 4.78 is 5.76. The molecule has 0 atom stereocenters. The molecule has 0 aliphatic carbocycles. The second-order valence-corrected chi connectivity index (χ2v) is 6.30. The molecule has 27 heavy (non-hydrogen) atoms. The van der Waals surface area contributed by atoms with E-state index in [0.717, 1.165) is 22.2 Å². The summed E-state index contributed by atoms with van der Waals surface area (Å²) in [7, 11) is 0. The van der Waals surface area contributed by atoms with Gasteiger partial charge in [-0.1, -0.05) is 42.0 Å². The summed E-state index contributed by atoms with van der Waals surface area (Å²) in [4.78, 5) is 16.6. The monoisotopic (exact) mass is 354 g/mol. The van der Waals surface area contributed by atoms with E-state index in [1.807, 2.05) is 79.7 Å². The molecule has 0 aliphatic rings. The molecule has 4 heteroatoms. The number of aromatic nitrogens is 1. The van der Waals surface area contributed by atoms with Crippen molar-refractivity contribution in [1.29, 1.82) is 0 Å². The second-order valence-electron chi connectivity index (χ2n) is 6.30. The van der Waals surface area contributed by atoms with Crippen LogP contribution < -0.4 is 5.32 Å². The molecule has 1 heterocycles. The molecule has 132 valence electrons. The molecule has 1 amide bonds. The zero-order valence-electron chi connectivity index (χ0n) is 14.8. The Kier molecular flexibility index (Phi) is 4.54. The number of rotatable bonds is 4. The highest BCUT2D eigenvalue weighted by molar-refractivity contribution is 6.02. The quantitative estimate of drug-likeness (QED) is 0.495. The first-order chi connectivity index (χ1) is 13.2. The Balaban J connectivity index is 1.44. The summed E-state index contributed by atoms with van der Waals surface area (Å²) in [6.07, 6.45) is 3.32. The molecule has 1 aromatic heterocycles. The fraction of sp³-hybridized carbons (Fsp3) is 0.0435. The second kappa shape index (κ2) is 7.30. The normalized spacial score (nSPS) is 11.1. The van der Waals surface area contributed by atoms with E-state index in [2.05, 4.69) is 10.3 Å². The minimum Gasteiger partial charge on any atom is -0.436 e. The number of para-hydroxylation sites is 2. The van der Waals surface area contributed by atoms with Crippen molar-refractivity contribution in [2.45, 2.75) is 6.92 Å². The van der Waals surface area contributed by atoms with Gasteiger partial charge >= 0.3 is 0 Å². The summed E-state index contributed by atoms with van der Waals surface area (Å²) in [6.45, 7) is 2.03. The summed E-state index contributed by atoms with van der Waals surface area (Å²) in [5.41, 5.74) is 5.34. The number of nitrogens with zero attached hydrogens (tertiary/aromatic N) is 1. The van der Waals surface area contributed by atoms with E-state index in [0.29, 0.717) is 11.6 Å². The van der Waals surface area contributed by atoms with Gasteiger partial charge in [0.05, 0.1) is 0 Å². The number of aryl methyl sites for hydroxylation is 1. The summed E-state index contributed by atoms with van der Waals surface area (Å²) in [5.74, 6) is 0.388. The van der Waals surface area contributed by atoms with Crippen molar-refractivity contribution in [3.05, 3.63) is 90.0 Å². The van der Waals surface area contributed by atoms with E-state index in [1.165, 1.54) is 11.6 Å². The maximum atomic E-state index is 12.1. The molecule has 3 aromatic carbocycles. The van der Waals surface area contributed by atoms with Crippen LogP contribution in [0.4, 0.5) is 5.69 Å². The van der Waals surface area contributed by atoms with Crippen LogP contribution in [0.25, 0.3) is 28.6 Å². The summed E-state index contributed by atoms with van der Waals surface area (Å²) >= 11 is 0. The van der Waals surface area contributed by atoms with Crippen molar-refractivity contribution in [2.24, 2.45) is 0 Å². The van der Waals surface area contributed by atoms with Gasteiger partial charge in [-0.3, -0.25) is 4.79 Å². The highest BCUT2D eigenvalue weighted by Crippen LogP contribution is 2.25. The van der Waals surface area contributed by atoms with Gasteiger partial charge in [0.2, 0.25) is 11.8 Å². The van der Waals surface area contributed by atoms with E-state index >= 15 is 0 Å². The Bertz CT molecular complexity index is 1070. The third-order valence-corrected chi connectivity index (χ3v) is 4.20. The van der Waals surface area contributed by atoms with Crippen LogP contribution in [-0.4, -0.2) is 10.9 Å². The third-order valence-electron chi connectivity index (χ3n) is 4.20. The van der Waals surface area contributed by atoms with Crippen molar-refractivity contribution >= 4 is 28.8 Å². The first kappa shape index (κ1) is 16.8. The highest BCUT2D eigenvalue weighted by Gasteiger charge is 2.07. The Morgan fingerprint density at radius 3 is 2.44 bits per heavy atom. The molecule has 0 unspecified atom stereocenters. The van der Waals surface area contributed by atoms with Crippen LogP contribution >= 0.6 is 0 Å². The van der Waals surface area contributed by atoms with Crippen LogP contribution in [0, 0.1) is 6.92 Å². The van der Waals surface area contributed by atoms with Gasteiger partial charge in [0.1, 0.15) is 5.52 Å². The average molecular weight is 354 g/mol. The molecule has 0 radical (unpaired) electrons. The maximum Gasteiger partial charge on any atom is 0.248 e. The minimum atomic E-state index is -0.176. The average Bonchev–Trinajstić information content (AvgIpc) is 3.12. The number of benzene rings is 3. The SMILES string of the molecule is Cc1ccc(/C=C/C(=O)Nc2ccc(-c3nc4ccccc4o3)cc2)cc1. The molecule has 0 saturated heterocycles. The molecule has 4 aromatic rings. The number of nitrogens with one attached hydrogen (secondary N) is 1. The van der Waals surface area contributed by atoms with Crippen molar-refractivity contribution < 1.29 is 9.21 Å². The molecule has 0 aliphatic heterocycles. The van der Waals surface area contributed by atoms with Crippen LogP contribution in [0.3, 0.4) is 0 Å². The van der Waals surface area contributed by atoms with E-state index in [1.54, 1.807) is 6.08 Å². The number of carbonyl (C=O) groups excluding carboxylic acids is 1. The number of hydrogen-bond donors (Lipinski definition) is 1. The third kappa shape index (κ3) is 3.96. The maximum absolute atomic E-state index is 12.1. The molecule has 0 fully saturated rings. The lowest BCUT2D eigenvalue weighted by Crippen LogP contribution is -2.07. The van der Waals surface area contributed by atoms with Crippen molar-refractivity contribution in [3.8, 4) is 11.5 Å². The van der Waals surface area contributed by atoms with Gasteiger partial charge in [0, 0.05) is 17.3 Å². The molecule has 4 nitrogen and oxygen atoms in total. The summed E-state index contributed by atoms with van der Waals surface area (Å²) in [6, 6.07) is 23.1.